The van der Waals surface area contributed by atoms with Crippen molar-refractivity contribution in [3.8, 4) is 17.1 Å². The maximum Gasteiger partial charge on any atom is 0.154 e. The third-order valence-corrected chi connectivity index (χ3v) is 4.67. The molecule has 5 nitrogen and oxygen atoms in total. The fourth-order valence-corrected chi connectivity index (χ4v) is 3.11. The van der Waals surface area contributed by atoms with Crippen molar-refractivity contribution in [2.24, 2.45) is 5.73 Å². The van der Waals surface area contributed by atoms with Crippen molar-refractivity contribution in [3.05, 3.63) is 72.2 Å². The van der Waals surface area contributed by atoms with Crippen molar-refractivity contribution in [1.82, 2.24) is 19.7 Å². The average Bonchev–Trinajstić information content (AvgIpc) is 3.11. The van der Waals surface area contributed by atoms with Gasteiger partial charge in [-0.2, -0.15) is 5.10 Å². The molecule has 136 valence electrons. The van der Waals surface area contributed by atoms with Gasteiger partial charge in [0.05, 0.1) is 23.1 Å². The number of nitrogens with two attached hydrogens (primary N) is 1. The van der Waals surface area contributed by atoms with Gasteiger partial charge in [0.15, 0.2) is 5.82 Å². The normalized spacial score (nSPS) is 12.6. The molecule has 4 aromatic rings. The van der Waals surface area contributed by atoms with Crippen LogP contribution in [0, 0.1) is 0 Å². The number of pyridine rings is 2. The minimum absolute atomic E-state index is 0.0952. The summed E-state index contributed by atoms with van der Waals surface area (Å²) in [5.74, 6) is 1.19. The van der Waals surface area contributed by atoms with Gasteiger partial charge < -0.3 is 5.73 Å². The Bertz CT molecular complexity index is 1090. The Kier molecular flexibility index (Phi) is 4.46. The zero-order valence-corrected chi connectivity index (χ0v) is 15.8. The maximum absolute atomic E-state index is 5.99. The lowest BCUT2D eigenvalue weighted by Crippen LogP contribution is -2.07. The maximum atomic E-state index is 5.99. The summed E-state index contributed by atoms with van der Waals surface area (Å²) in [6.45, 7) is 6.22. The minimum Gasteiger partial charge on any atom is -0.323 e. The Morgan fingerprint density at radius 3 is 2.44 bits per heavy atom. The van der Waals surface area contributed by atoms with Crippen LogP contribution in [0.4, 0.5) is 0 Å². The van der Waals surface area contributed by atoms with Crippen LogP contribution in [0.25, 0.3) is 28.0 Å². The Balaban J connectivity index is 1.82. The molecule has 0 aliphatic rings. The van der Waals surface area contributed by atoms with Crippen molar-refractivity contribution in [1.29, 1.82) is 0 Å². The predicted molar refractivity (Wildman–Crippen MR) is 109 cm³/mol. The number of rotatable bonds is 4. The Morgan fingerprint density at radius 1 is 0.889 bits per heavy atom. The molecule has 2 N–H and O–H groups in total. The second kappa shape index (κ2) is 6.93. The highest BCUT2D eigenvalue weighted by Gasteiger charge is 2.11. The number of benzene rings is 1. The molecule has 0 saturated carbocycles. The fourth-order valence-electron chi connectivity index (χ4n) is 3.11. The topological polar surface area (TPSA) is 69.6 Å². The average molecular weight is 357 g/mol. The minimum atomic E-state index is -0.0952. The first-order valence-electron chi connectivity index (χ1n) is 9.21. The van der Waals surface area contributed by atoms with Crippen molar-refractivity contribution < 1.29 is 0 Å². The molecule has 0 bridgehead atoms. The predicted octanol–water partition coefficient (Wildman–Crippen LogP) is 4.63. The number of fused-ring (bicyclic) bond motifs is 1. The molecule has 0 aliphatic heterocycles. The first-order valence-corrected chi connectivity index (χ1v) is 9.21. The molecule has 1 aromatic carbocycles. The van der Waals surface area contributed by atoms with E-state index in [-0.39, 0.29) is 6.04 Å². The highest BCUT2D eigenvalue weighted by molar-refractivity contribution is 5.84. The molecule has 3 heterocycles. The Morgan fingerprint density at radius 2 is 1.67 bits per heavy atom. The van der Waals surface area contributed by atoms with Gasteiger partial charge in [-0.1, -0.05) is 38.1 Å². The molecular weight excluding hydrogens is 334 g/mol. The molecule has 0 aliphatic carbocycles. The molecule has 1 atom stereocenters. The molecule has 0 fully saturated rings. The molecule has 5 heteroatoms. The second-order valence-corrected chi connectivity index (χ2v) is 7.14. The van der Waals surface area contributed by atoms with E-state index in [4.69, 9.17) is 15.7 Å². The highest BCUT2D eigenvalue weighted by atomic mass is 15.3. The number of aromatic nitrogens is 4. The summed E-state index contributed by atoms with van der Waals surface area (Å²) in [6, 6.07) is 18.2. The van der Waals surface area contributed by atoms with E-state index >= 15 is 0 Å². The summed E-state index contributed by atoms with van der Waals surface area (Å²) in [7, 11) is 0. The van der Waals surface area contributed by atoms with E-state index in [0.717, 1.165) is 39.4 Å². The molecule has 0 unspecified atom stereocenters. The van der Waals surface area contributed by atoms with Gasteiger partial charge in [-0.3, -0.25) is 4.98 Å². The van der Waals surface area contributed by atoms with Crippen LogP contribution in [0.1, 0.15) is 44.1 Å². The molecule has 0 amide bonds. The summed E-state index contributed by atoms with van der Waals surface area (Å²) in [5.41, 5.74) is 10.9. The van der Waals surface area contributed by atoms with Crippen LogP contribution in [-0.4, -0.2) is 19.7 Å². The standard InChI is InChI=1S/C22H23N5/c1-14(2)18-6-5-9-22(26-18)27-21-12-16(10-11-17(21)13-24-27)20-8-4-7-19(25-20)15(3)23/h4-15H,23H2,1-3H3/t15-/m0/s1. The molecule has 3 aromatic heterocycles. The molecule has 4 rings (SSSR count). The van der Waals surface area contributed by atoms with E-state index in [1.54, 1.807) is 0 Å². The lowest BCUT2D eigenvalue weighted by molar-refractivity contribution is 0.782. The quantitative estimate of drug-likeness (QED) is 0.578. The zero-order valence-electron chi connectivity index (χ0n) is 15.8. The van der Waals surface area contributed by atoms with Crippen LogP contribution < -0.4 is 5.73 Å². The van der Waals surface area contributed by atoms with Crippen molar-refractivity contribution in [3.63, 3.8) is 0 Å². The van der Waals surface area contributed by atoms with E-state index in [0.29, 0.717) is 5.92 Å². The van der Waals surface area contributed by atoms with E-state index in [1.165, 1.54) is 0 Å². The van der Waals surface area contributed by atoms with E-state index < -0.39 is 0 Å². The van der Waals surface area contributed by atoms with Gasteiger partial charge in [-0.25, -0.2) is 9.67 Å². The van der Waals surface area contributed by atoms with Crippen LogP contribution >= 0.6 is 0 Å². The van der Waals surface area contributed by atoms with Crippen molar-refractivity contribution >= 4 is 10.9 Å². The first kappa shape index (κ1) is 17.4. The van der Waals surface area contributed by atoms with E-state index in [9.17, 15) is 0 Å². The fraction of sp³-hybridized carbons (Fsp3) is 0.227. The van der Waals surface area contributed by atoms with E-state index in [2.05, 4.69) is 43.2 Å². The van der Waals surface area contributed by atoms with Crippen LogP contribution in [0.5, 0.6) is 0 Å². The zero-order chi connectivity index (χ0) is 19.0. The molecule has 0 radical (unpaired) electrons. The molecule has 0 spiro atoms. The Hall–Kier alpha value is -3.05. The third-order valence-electron chi connectivity index (χ3n) is 4.67. The van der Waals surface area contributed by atoms with Gasteiger partial charge in [0.2, 0.25) is 0 Å². The van der Waals surface area contributed by atoms with Gasteiger partial charge in [-0.05, 0) is 43.2 Å². The van der Waals surface area contributed by atoms with Crippen LogP contribution in [0.15, 0.2) is 60.8 Å². The molecule has 0 saturated heterocycles. The Labute approximate surface area is 158 Å². The van der Waals surface area contributed by atoms with Crippen LogP contribution in [0.2, 0.25) is 0 Å². The van der Waals surface area contributed by atoms with Gasteiger partial charge in [-0.15, -0.1) is 0 Å². The summed E-state index contributed by atoms with van der Waals surface area (Å²) in [5, 5.41) is 5.63. The van der Waals surface area contributed by atoms with Gasteiger partial charge in [0.1, 0.15) is 0 Å². The van der Waals surface area contributed by atoms with Crippen LogP contribution in [0.3, 0.4) is 0 Å². The van der Waals surface area contributed by atoms with Gasteiger partial charge >= 0.3 is 0 Å². The smallest absolute Gasteiger partial charge is 0.154 e. The molecular formula is C22H23N5. The van der Waals surface area contributed by atoms with Crippen molar-refractivity contribution in [2.45, 2.75) is 32.7 Å². The van der Waals surface area contributed by atoms with E-state index in [1.807, 2.05) is 48.1 Å². The summed E-state index contributed by atoms with van der Waals surface area (Å²) in [6.07, 6.45) is 1.87. The number of hydrogen-bond acceptors (Lipinski definition) is 4. The lowest BCUT2D eigenvalue weighted by Gasteiger charge is -2.09. The van der Waals surface area contributed by atoms with Gasteiger partial charge in [0.25, 0.3) is 0 Å². The van der Waals surface area contributed by atoms with Crippen molar-refractivity contribution in [2.75, 3.05) is 0 Å². The first-order chi connectivity index (χ1) is 13.0. The number of hydrogen-bond donors (Lipinski definition) is 1. The number of nitrogens with zero attached hydrogens (tertiary/aromatic N) is 4. The summed E-state index contributed by atoms with van der Waals surface area (Å²) < 4.78 is 1.89. The van der Waals surface area contributed by atoms with Gasteiger partial charge in [0, 0.05) is 22.7 Å². The lowest BCUT2D eigenvalue weighted by atomic mass is 10.1. The summed E-state index contributed by atoms with van der Waals surface area (Å²) in [4.78, 5) is 9.48. The van der Waals surface area contributed by atoms with Crippen LogP contribution in [-0.2, 0) is 0 Å². The second-order valence-electron chi connectivity index (χ2n) is 7.14. The molecule has 27 heavy (non-hydrogen) atoms. The SMILES string of the molecule is CC(C)c1cccc(-n2ncc3ccc(-c4cccc([C@H](C)N)n4)cc32)n1. The monoisotopic (exact) mass is 357 g/mol. The summed E-state index contributed by atoms with van der Waals surface area (Å²) >= 11 is 0. The largest absolute Gasteiger partial charge is 0.323 e. The highest BCUT2D eigenvalue weighted by Crippen LogP contribution is 2.26. The third kappa shape index (κ3) is 3.34.